The van der Waals surface area contributed by atoms with Gasteiger partial charge >= 0.3 is 0 Å². The maximum Gasteiger partial charge on any atom is 0.239 e. The van der Waals surface area contributed by atoms with Crippen LogP contribution in [0.1, 0.15) is 12.5 Å². The van der Waals surface area contributed by atoms with Crippen molar-refractivity contribution < 1.29 is 9.13 Å². The van der Waals surface area contributed by atoms with Crippen molar-refractivity contribution in [3.05, 3.63) is 41.7 Å². The van der Waals surface area contributed by atoms with E-state index in [1.807, 2.05) is 13.8 Å². The Kier molecular flexibility index (Phi) is 3.85. The van der Waals surface area contributed by atoms with E-state index in [1.165, 1.54) is 12.1 Å². The maximum atomic E-state index is 13.2. The lowest BCUT2D eigenvalue weighted by atomic mass is 10.2. The summed E-state index contributed by atoms with van der Waals surface area (Å²) in [4.78, 5) is 4.25. The van der Waals surface area contributed by atoms with E-state index in [0.717, 1.165) is 5.56 Å². The molecule has 0 radical (unpaired) electrons. The highest BCUT2D eigenvalue weighted by Gasteiger charge is 2.06. The first kappa shape index (κ1) is 13.1. The molecule has 0 bridgehead atoms. The number of nitrogens with two attached hydrogens (primary N) is 1. The Bertz CT molecular complexity index is 587. The normalized spacial score (nSPS) is 10.3. The molecule has 1 heterocycles. The second kappa shape index (κ2) is 5.56. The van der Waals surface area contributed by atoms with Crippen molar-refractivity contribution in [2.24, 2.45) is 0 Å². The number of rotatable bonds is 4. The third kappa shape index (κ3) is 3.13. The largest absolute Gasteiger partial charge is 0.476 e. The monoisotopic (exact) mass is 261 g/mol. The quantitative estimate of drug-likeness (QED) is 0.886. The number of nitrogens with one attached hydrogen (secondary N) is 1. The number of halogens is 1. The molecule has 19 heavy (non-hydrogen) atoms. The Morgan fingerprint density at radius 3 is 2.84 bits per heavy atom. The van der Waals surface area contributed by atoms with Crippen LogP contribution >= 0.6 is 0 Å². The van der Waals surface area contributed by atoms with Crippen molar-refractivity contribution in [3.63, 3.8) is 0 Å². The van der Waals surface area contributed by atoms with Crippen LogP contribution in [0.15, 0.2) is 30.3 Å². The van der Waals surface area contributed by atoms with E-state index in [9.17, 15) is 4.39 Å². The third-order valence-electron chi connectivity index (χ3n) is 2.63. The summed E-state index contributed by atoms with van der Waals surface area (Å²) in [5.74, 6) is 0.640. The topological polar surface area (TPSA) is 60.2 Å². The lowest BCUT2D eigenvalue weighted by Gasteiger charge is -2.11. The molecule has 0 saturated heterocycles. The molecule has 1 aromatic carbocycles. The zero-order valence-electron chi connectivity index (χ0n) is 10.9. The number of anilines is 3. The van der Waals surface area contributed by atoms with Gasteiger partial charge in [-0.1, -0.05) is 6.07 Å². The first-order valence-corrected chi connectivity index (χ1v) is 6.02. The van der Waals surface area contributed by atoms with Gasteiger partial charge in [0.1, 0.15) is 11.6 Å². The van der Waals surface area contributed by atoms with E-state index >= 15 is 0 Å². The highest BCUT2D eigenvalue weighted by Crippen LogP contribution is 2.25. The number of aromatic nitrogens is 1. The number of nitrogen functional groups attached to an aromatic ring is 1. The summed E-state index contributed by atoms with van der Waals surface area (Å²) in [5.41, 5.74) is 7.82. The molecule has 100 valence electrons. The molecule has 2 aromatic rings. The summed E-state index contributed by atoms with van der Waals surface area (Å²) in [6.45, 7) is 4.24. The zero-order chi connectivity index (χ0) is 13.8. The number of pyridine rings is 1. The van der Waals surface area contributed by atoms with E-state index in [-0.39, 0.29) is 5.82 Å². The Hall–Kier alpha value is -2.30. The van der Waals surface area contributed by atoms with Gasteiger partial charge in [-0.3, -0.25) is 0 Å². The van der Waals surface area contributed by atoms with Crippen molar-refractivity contribution in [1.29, 1.82) is 0 Å². The second-order valence-corrected chi connectivity index (χ2v) is 4.11. The van der Waals surface area contributed by atoms with E-state index in [4.69, 9.17) is 10.5 Å². The molecule has 0 unspecified atom stereocenters. The summed E-state index contributed by atoms with van der Waals surface area (Å²) in [6.07, 6.45) is 0. The summed E-state index contributed by atoms with van der Waals surface area (Å²) in [6, 6.07) is 7.98. The van der Waals surface area contributed by atoms with Crippen molar-refractivity contribution in [1.82, 2.24) is 4.98 Å². The molecule has 0 amide bonds. The van der Waals surface area contributed by atoms with E-state index in [0.29, 0.717) is 29.7 Å². The fraction of sp³-hybridized carbons (Fsp3) is 0.214. The van der Waals surface area contributed by atoms with E-state index in [1.54, 1.807) is 18.2 Å². The van der Waals surface area contributed by atoms with Crippen molar-refractivity contribution >= 4 is 17.2 Å². The number of hydrogen-bond acceptors (Lipinski definition) is 4. The summed E-state index contributed by atoms with van der Waals surface area (Å²) in [7, 11) is 0. The Morgan fingerprint density at radius 1 is 1.32 bits per heavy atom. The molecule has 0 saturated carbocycles. The van der Waals surface area contributed by atoms with Crippen LogP contribution in [0, 0.1) is 12.7 Å². The Morgan fingerprint density at radius 2 is 2.11 bits per heavy atom. The van der Waals surface area contributed by atoms with Crippen LogP contribution in [-0.2, 0) is 0 Å². The fourth-order valence-electron chi connectivity index (χ4n) is 1.64. The predicted octanol–water partition coefficient (Wildman–Crippen LogP) is 3.25. The summed E-state index contributed by atoms with van der Waals surface area (Å²) < 4.78 is 18.5. The molecule has 0 spiro atoms. The molecule has 0 fully saturated rings. The number of nitrogens with zero attached hydrogens (tertiary/aromatic N) is 1. The molecule has 2 rings (SSSR count). The van der Waals surface area contributed by atoms with Crippen LogP contribution in [0.5, 0.6) is 5.88 Å². The van der Waals surface area contributed by atoms with E-state index < -0.39 is 0 Å². The van der Waals surface area contributed by atoms with Gasteiger partial charge in [0.15, 0.2) is 0 Å². The van der Waals surface area contributed by atoms with Gasteiger partial charge in [0.25, 0.3) is 0 Å². The lowest BCUT2D eigenvalue weighted by molar-refractivity contribution is 0.329. The van der Waals surface area contributed by atoms with Crippen LogP contribution in [-0.4, -0.2) is 11.6 Å². The maximum absolute atomic E-state index is 13.2. The van der Waals surface area contributed by atoms with Gasteiger partial charge in [-0.2, -0.15) is 4.98 Å². The molecular formula is C14H16FN3O. The van der Waals surface area contributed by atoms with Crippen molar-refractivity contribution in [2.45, 2.75) is 13.8 Å². The number of ether oxygens (including phenoxy) is 1. The second-order valence-electron chi connectivity index (χ2n) is 4.11. The van der Waals surface area contributed by atoms with Crippen LogP contribution < -0.4 is 15.8 Å². The number of benzene rings is 1. The van der Waals surface area contributed by atoms with Gasteiger partial charge in [0, 0.05) is 5.69 Å². The van der Waals surface area contributed by atoms with Gasteiger partial charge in [0.2, 0.25) is 5.88 Å². The van der Waals surface area contributed by atoms with Crippen LogP contribution in [0.4, 0.5) is 21.6 Å². The van der Waals surface area contributed by atoms with Crippen LogP contribution in [0.25, 0.3) is 0 Å². The molecule has 0 aliphatic carbocycles. The Balaban J connectivity index is 2.28. The van der Waals surface area contributed by atoms with Gasteiger partial charge in [-0.25, -0.2) is 4.39 Å². The molecule has 5 heteroatoms. The average Bonchev–Trinajstić information content (AvgIpc) is 2.38. The van der Waals surface area contributed by atoms with Crippen molar-refractivity contribution in [3.8, 4) is 5.88 Å². The SMILES string of the molecule is CCOc1nc(Nc2cc(F)ccc2C)ccc1N. The van der Waals surface area contributed by atoms with Gasteiger partial charge < -0.3 is 15.8 Å². The molecule has 0 aliphatic heterocycles. The molecule has 3 N–H and O–H groups in total. The highest BCUT2D eigenvalue weighted by atomic mass is 19.1. The fourth-order valence-corrected chi connectivity index (χ4v) is 1.64. The predicted molar refractivity (Wildman–Crippen MR) is 74.2 cm³/mol. The minimum absolute atomic E-state index is 0.298. The van der Waals surface area contributed by atoms with Crippen LogP contribution in [0.3, 0.4) is 0 Å². The lowest BCUT2D eigenvalue weighted by Crippen LogP contribution is -2.02. The first-order valence-electron chi connectivity index (χ1n) is 6.02. The van der Waals surface area contributed by atoms with Crippen LogP contribution in [0.2, 0.25) is 0 Å². The summed E-state index contributed by atoms with van der Waals surface area (Å²) in [5, 5.41) is 3.05. The zero-order valence-corrected chi connectivity index (χ0v) is 10.9. The smallest absolute Gasteiger partial charge is 0.239 e. The van der Waals surface area contributed by atoms with Gasteiger partial charge in [-0.05, 0) is 43.7 Å². The average molecular weight is 261 g/mol. The van der Waals surface area contributed by atoms with Gasteiger partial charge in [-0.15, -0.1) is 0 Å². The Labute approximate surface area is 111 Å². The van der Waals surface area contributed by atoms with Gasteiger partial charge in [0.05, 0.1) is 12.3 Å². The highest BCUT2D eigenvalue weighted by molar-refractivity contribution is 5.63. The van der Waals surface area contributed by atoms with E-state index in [2.05, 4.69) is 10.3 Å². The number of aryl methyl sites for hydroxylation is 1. The molecule has 4 nitrogen and oxygen atoms in total. The molecule has 0 aliphatic rings. The minimum atomic E-state index is -0.298. The standard InChI is InChI=1S/C14H16FN3O/c1-3-19-14-11(16)6-7-13(18-14)17-12-8-10(15)5-4-9(12)2/h4-8H,3,16H2,1-2H3,(H,17,18). The number of hydrogen-bond donors (Lipinski definition) is 2. The molecular weight excluding hydrogens is 245 g/mol. The molecule has 1 aromatic heterocycles. The summed E-state index contributed by atoms with van der Waals surface area (Å²) >= 11 is 0. The molecule has 0 atom stereocenters. The first-order chi connectivity index (χ1) is 9.10. The minimum Gasteiger partial charge on any atom is -0.476 e. The third-order valence-corrected chi connectivity index (χ3v) is 2.63. The van der Waals surface area contributed by atoms with Crippen molar-refractivity contribution in [2.75, 3.05) is 17.7 Å².